The maximum absolute atomic E-state index is 6.35. The van der Waals surface area contributed by atoms with E-state index in [-0.39, 0.29) is 28.5 Å². The minimum atomic E-state index is 0. The van der Waals surface area contributed by atoms with Crippen molar-refractivity contribution in [3.63, 3.8) is 0 Å². The van der Waals surface area contributed by atoms with Crippen molar-refractivity contribution < 1.29 is 21.1 Å². The van der Waals surface area contributed by atoms with E-state index in [0.29, 0.717) is 0 Å². The Morgan fingerprint density at radius 3 is 0.589 bits per heavy atom. The van der Waals surface area contributed by atoms with Gasteiger partial charge in [0.2, 0.25) is 0 Å². The van der Waals surface area contributed by atoms with Gasteiger partial charge in [0.15, 0.2) is 0 Å². The Morgan fingerprint density at radius 1 is 0.222 bits per heavy atom. The Balaban J connectivity index is 0.00000338. The van der Waals surface area contributed by atoms with Crippen molar-refractivity contribution in [2.24, 2.45) is 0 Å². The van der Waals surface area contributed by atoms with E-state index in [1.54, 1.807) is 0 Å². The van der Waals surface area contributed by atoms with Crippen LogP contribution in [0.4, 0.5) is 0 Å². The predicted octanol–water partition coefficient (Wildman–Crippen LogP) is 22.7. The third-order valence-corrected chi connectivity index (χ3v) is 19.3. The average molecular weight is 1340 g/mol. The van der Waals surface area contributed by atoms with Crippen LogP contribution < -0.4 is 9.97 Å². The van der Waals surface area contributed by atoms with Crippen LogP contribution in [-0.2, 0) is 21.1 Å². The largest absolute Gasteiger partial charge is 0.656 e. The summed E-state index contributed by atoms with van der Waals surface area (Å²) in [6.45, 7) is 18.0. The fourth-order valence-electron chi connectivity index (χ4n) is 15.2. The van der Waals surface area contributed by atoms with Gasteiger partial charge < -0.3 is 17.4 Å². The minimum Gasteiger partial charge on any atom is -0.656 e. The number of aromatic nitrogens is 4. The van der Waals surface area contributed by atoms with Gasteiger partial charge in [-0.3, -0.25) is 0 Å². The Bertz CT molecular complexity index is 5010. The number of nitrogens with zero attached hydrogens (tertiary/aromatic N) is 4. The molecule has 0 N–H and O–H groups in total. The molecule has 0 atom stereocenters. The number of hydrogen-bond acceptors (Lipinski definition) is 2. The first-order chi connectivity index (χ1) is 42.9. The third-order valence-electron chi connectivity index (χ3n) is 19.3. The summed E-state index contributed by atoms with van der Waals surface area (Å²) in [5, 5.41) is 13.4. The Kier molecular flexibility index (Phi) is 13.4. The molecule has 3 aliphatic rings. The summed E-state index contributed by atoms with van der Waals surface area (Å²) in [6.07, 6.45) is 0. The Hall–Kier alpha value is -9.99. The standard InChI is InChI=1S/C84H60N4.CH3.Pt/c1-45-21-17-22-46(2)69(45)73-77-61-37-53-29-9-11-31-55(53)39-63(61)79(85-77)74(70-47(3)23-18-24-48(70)4)81-65-41-57-33-13-15-35-59(57)43-67(65)83(87-81)76(72-51(7)27-20-28-52(72)8)84-68-44-60-36-16-14-34-58(60)42-66(68)82(88-84)75(71-49(5)25-19-26-50(71)6)80-64-40-56-32-12-10-30-54(56)38-62(64)78(73)86-80;;/h9-44H,1-8H3;1H3;/q-2;-1;. The van der Waals surface area contributed by atoms with Crippen LogP contribution in [0.5, 0.6) is 0 Å². The quantitative estimate of drug-likeness (QED) is 0.165. The zero-order valence-corrected chi connectivity index (χ0v) is 54.2. The van der Waals surface area contributed by atoms with Crippen LogP contribution in [0, 0.1) is 62.8 Å². The first kappa shape index (κ1) is 56.5. The molecule has 0 unspecified atom stereocenters. The molecule has 0 saturated carbocycles. The number of aryl methyl sites for hydroxylation is 8. The topological polar surface area (TPSA) is 54.0 Å². The van der Waals surface area contributed by atoms with Crippen LogP contribution >= 0.6 is 0 Å². The summed E-state index contributed by atoms with van der Waals surface area (Å²) in [5.74, 6) is 0. The molecule has 17 rings (SSSR count). The maximum Gasteiger partial charge on any atom is 0.0783 e. The zero-order valence-electron chi connectivity index (χ0n) is 51.9. The summed E-state index contributed by atoms with van der Waals surface area (Å²) in [7, 11) is 0. The number of rotatable bonds is 4. The Morgan fingerprint density at radius 2 is 0.400 bits per heavy atom. The molecule has 0 amide bonds. The van der Waals surface area contributed by atoms with Crippen LogP contribution in [0.1, 0.15) is 44.5 Å². The molecule has 0 radical (unpaired) electrons. The van der Waals surface area contributed by atoms with E-state index >= 15 is 0 Å². The molecule has 0 fully saturated rings. The van der Waals surface area contributed by atoms with Crippen LogP contribution in [0.15, 0.2) is 218 Å². The monoisotopic (exact) mass is 1330 g/mol. The first-order valence-corrected chi connectivity index (χ1v) is 30.7. The molecule has 436 valence electrons. The molecule has 4 heterocycles. The molecule has 0 spiro atoms. The van der Waals surface area contributed by atoms with Gasteiger partial charge in [0.1, 0.15) is 0 Å². The molecule has 90 heavy (non-hydrogen) atoms. The van der Waals surface area contributed by atoms with Crippen LogP contribution in [0.2, 0.25) is 0 Å². The fourth-order valence-corrected chi connectivity index (χ4v) is 15.2. The summed E-state index contributed by atoms with van der Waals surface area (Å²) in [4.78, 5) is 25.4. The fraction of sp³-hybridized carbons (Fsp3) is 0.0941. The molecule has 2 aromatic heterocycles. The van der Waals surface area contributed by atoms with Crippen molar-refractivity contribution >= 4 is 86.7 Å². The number of benzene rings is 12. The Labute approximate surface area is 539 Å². The molecule has 4 nitrogen and oxygen atoms in total. The van der Waals surface area contributed by atoms with Gasteiger partial charge in [-0.25, -0.2) is 9.97 Å². The second-order valence-corrected chi connectivity index (χ2v) is 24.8. The van der Waals surface area contributed by atoms with Crippen molar-refractivity contribution in [2.45, 2.75) is 55.4 Å². The first-order valence-electron chi connectivity index (χ1n) is 30.7. The van der Waals surface area contributed by atoms with E-state index < -0.39 is 0 Å². The average Bonchev–Trinajstić information content (AvgIpc) is 1.66. The molecule has 5 heteroatoms. The molecular weight excluding hydrogens is 1270 g/mol. The summed E-state index contributed by atoms with van der Waals surface area (Å²) < 4.78 is 0. The summed E-state index contributed by atoms with van der Waals surface area (Å²) >= 11 is 0. The van der Waals surface area contributed by atoms with E-state index in [9.17, 15) is 0 Å². The van der Waals surface area contributed by atoms with Gasteiger partial charge in [0.25, 0.3) is 0 Å². The molecule has 12 aromatic carbocycles. The van der Waals surface area contributed by atoms with Gasteiger partial charge in [-0.15, -0.1) is 22.1 Å². The molecule has 2 aliphatic heterocycles. The second-order valence-electron chi connectivity index (χ2n) is 24.8. The van der Waals surface area contributed by atoms with Gasteiger partial charge in [0.05, 0.1) is 22.8 Å². The SMILES string of the molecule is Cc1cccc(C)c1-c1c2nc(c(-c3c(C)cccc3C)c3[n-]c(c(-c4c(C)cccc4C)c4nc(c(-c5c(C)cccc5C)c5[n-]c1c1cc6ccccc6cc51)-c1cc5ccccc5cc1-4)c1cc4ccccc4cc31)-c1cc3ccccc3cc1-2.[CH3-].[Pt]. The summed E-state index contributed by atoms with van der Waals surface area (Å²) in [5.41, 5.74) is 28.9. The van der Waals surface area contributed by atoms with Gasteiger partial charge >= 0.3 is 0 Å². The predicted molar refractivity (Wildman–Crippen MR) is 379 cm³/mol. The van der Waals surface area contributed by atoms with Crippen molar-refractivity contribution in [2.75, 3.05) is 0 Å². The van der Waals surface area contributed by atoms with Gasteiger partial charge in [-0.1, -0.05) is 170 Å². The van der Waals surface area contributed by atoms with Gasteiger partial charge in [-0.2, -0.15) is 0 Å². The maximum atomic E-state index is 6.35. The van der Waals surface area contributed by atoms with E-state index in [0.717, 1.165) is 221 Å². The third kappa shape index (κ3) is 8.45. The van der Waals surface area contributed by atoms with Crippen LogP contribution in [-0.4, -0.2) is 9.97 Å². The summed E-state index contributed by atoms with van der Waals surface area (Å²) in [6, 6.07) is 81.0. The number of fused-ring (bicyclic) bond motifs is 4. The molecule has 8 bridgehead atoms. The van der Waals surface area contributed by atoms with E-state index in [1.807, 2.05) is 0 Å². The van der Waals surface area contributed by atoms with Crippen molar-refractivity contribution in [1.82, 2.24) is 19.9 Å². The van der Waals surface area contributed by atoms with Crippen LogP contribution in [0.25, 0.3) is 176 Å². The van der Waals surface area contributed by atoms with Crippen LogP contribution in [0.3, 0.4) is 0 Å². The molecule has 14 aromatic rings. The van der Waals surface area contributed by atoms with Gasteiger partial charge in [0, 0.05) is 43.3 Å². The minimum absolute atomic E-state index is 0. The van der Waals surface area contributed by atoms with Crippen molar-refractivity contribution in [3.8, 4) is 89.5 Å². The normalized spacial score (nSPS) is 11.8. The van der Waals surface area contributed by atoms with E-state index in [1.165, 1.54) is 0 Å². The van der Waals surface area contributed by atoms with Crippen molar-refractivity contribution in [3.05, 3.63) is 270 Å². The molecule has 0 saturated heterocycles. The van der Waals surface area contributed by atoms with Crippen molar-refractivity contribution in [1.29, 1.82) is 0 Å². The van der Waals surface area contributed by atoms with E-state index in [2.05, 4.69) is 274 Å². The number of hydrogen-bond donors (Lipinski definition) is 0. The molecule has 1 aliphatic carbocycles. The van der Waals surface area contributed by atoms with E-state index in [4.69, 9.17) is 19.9 Å². The second kappa shape index (κ2) is 21.4. The van der Waals surface area contributed by atoms with Gasteiger partial charge in [-0.05, 0) is 258 Å². The smallest absolute Gasteiger partial charge is 0.0783 e. The molecular formula is C85H63N4Pt-3. The zero-order chi connectivity index (χ0) is 59.4.